The molecule has 1 aliphatic rings. The van der Waals surface area contributed by atoms with Gasteiger partial charge in [-0.15, -0.1) is 0 Å². The number of ether oxygens (including phenoxy) is 1. The molecule has 6 heteroatoms. The Morgan fingerprint density at radius 3 is 2.57 bits per heavy atom. The zero-order chi connectivity index (χ0) is 16.8. The number of carbonyl (C=O) groups is 2. The zero-order valence-corrected chi connectivity index (χ0v) is 14.7. The molecule has 0 aromatic heterocycles. The van der Waals surface area contributed by atoms with E-state index in [0.717, 1.165) is 31.7 Å². The van der Waals surface area contributed by atoms with Crippen molar-refractivity contribution < 1.29 is 18.7 Å². The summed E-state index contributed by atoms with van der Waals surface area (Å²) >= 11 is 3.18. The van der Waals surface area contributed by atoms with Crippen LogP contribution in [0.25, 0.3) is 0 Å². The van der Waals surface area contributed by atoms with Gasteiger partial charge in [-0.25, -0.2) is 9.18 Å². The monoisotopic (exact) mass is 385 g/mol. The lowest BCUT2D eigenvalue weighted by atomic mass is 10.1. The molecule has 0 spiro atoms. The van der Waals surface area contributed by atoms with Crippen molar-refractivity contribution in [3.05, 3.63) is 34.1 Å². The van der Waals surface area contributed by atoms with Crippen molar-refractivity contribution in [2.45, 2.75) is 57.6 Å². The van der Waals surface area contributed by atoms with E-state index < -0.39 is 17.9 Å². The minimum atomic E-state index is -0.916. The third kappa shape index (κ3) is 5.30. The predicted molar refractivity (Wildman–Crippen MR) is 88.6 cm³/mol. The van der Waals surface area contributed by atoms with E-state index in [1.54, 1.807) is 0 Å². The molecule has 0 bridgehead atoms. The van der Waals surface area contributed by atoms with E-state index in [-0.39, 0.29) is 17.5 Å². The molecule has 0 unspecified atom stereocenters. The number of benzene rings is 1. The summed E-state index contributed by atoms with van der Waals surface area (Å²) < 4.78 is 18.8. The third-order valence-electron chi connectivity index (χ3n) is 4.00. The molecule has 0 saturated heterocycles. The van der Waals surface area contributed by atoms with E-state index >= 15 is 0 Å². The smallest absolute Gasteiger partial charge is 0.340 e. The predicted octanol–water partition coefficient (Wildman–Crippen LogP) is 3.97. The van der Waals surface area contributed by atoms with Gasteiger partial charge in [0.2, 0.25) is 0 Å². The first kappa shape index (κ1) is 17.9. The van der Waals surface area contributed by atoms with Gasteiger partial charge >= 0.3 is 5.97 Å². The summed E-state index contributed by atoms with van der Waals surface area (Å²) in [5.41, 5.74) is 0.0686. The van der Waals surface area contributed by atoms with E-state index in [2.05, 4.69) is 21.2 Å². The highest BCUT2D eigenvalue weighted by molar-refractivity contribution is 9.10. The van der Waals surface area contributed by atoms with Crippen LogP contribution in [0.3, 0.4) is 0 Å². The van der Waals surface area contributed by atoms with E-state index in [1.165, 1.54) is 31.9 Å². The van der Waals surface area contributed by atoms with Crippen LogP contribution in [-0.4, -0.2) is 24.0 Å². The fourth-order valence-corrected chi connectivity index (χ4v) is 3.08. The molecule has 126 valence electrons. The van der Waals surface area contributed by atoms with Gasteiger partial charge in [0.1, 0.15) is 5.82 Å². The maximum atomic E-state index is 13.2. The van der Waals surface area contributed by atoms with Crippen molar-refractivity contribution in [3.63, 3.8) is 0 Å². The Bertz CT molecular complexity index is 571. The molecule has 1 N–H and O–H groups in total. The molecule has 1 aromatic rings. The van der Waals surface area contributed by atoms with Crippen LogP contribution in [0.5, 0.6) is 0 Å². The number of esters is 1. The number of amides is 1. The Morgan fingerprint density at radius 2 is 1.91 bits per heavy atom. The lowest BCUT2D eigenvalue weighted by Crippen LogP contribution is -2.41. The van der Waals surface area contributed by atoms with Gasteiger partial charge < -0.3 is 10.1 Å². The van der Waals surface area contributed by atoms with Crippen LogP contribution >= 0.6 is 15.9 Å². The molecule has 1 aliphatic carbocycles. The van der Waals surface area contributed by atoms with Crippen LogP contribution < -0.4 is 5.32 Å². The van der Waals surface area contributed by atoms with Crippen LogP contribution in [-0.2, 0) is 9.53 Å². The molecular weight excluding hydrogens is 365 g/mol. The van der Waals surface area contributed by atoms with Gasteiger partial charge in [-0.3, -0.25) is 4.79 Å². The number of hydrogen-bond donors (Lipinski definition) is 1. The summed E-state index contributed by atoms with van der Waals surface area (Å²) in [5, 5.41) is 2.94. The normalized spacial score (nSPS) is 17.2. The summed E-state index contributed by atoms with van der Waals surface area (Å²) in [4.78, 5) is 24.2. The Labute approximate surface area is 143 Å². The van der Waals surface area contributed by atoms with E-state index in [0.29, 0.717) is 4.47 Å². The SMILES string of the molecule is C[C@H](OC(=O)c1cc(F)ccc1Br)C(=O)NC1CCCCCC1. The maximum absolute atomic E-state index is 13.2. The molecule has 4 nitrogen and oxygen atoms in total. The fraction of sp³-hybridized carbons (Fsp3) is 0.529. The average Bonchev–Trinajstić information content (AvgIpc) is 2.78. The number of nitrogens with one attached hydrogen (secondary N) is 1. The molecule has 1 saturated carbocycles. The minimum absolute atomic E-state index is 0.0686. The van der Waals surface area contributed by atoms with Crippen LogP contribution in [0, 0.1) is 5.82 Å². The molecule has 1 aromatic carbocycles. The molecule has 2 rings (SSSR count). The van der Waals surface area contributed by atoms with Crippen LogP contribution in [0.1, 0.15) is 55.8 Å². The maximum Gasteiger partial charge on any atom is 0.340 e. The number of halogens is 2. The average molecular weight is 386 g/mol. The Balaban J connectivity index is 1.92. The Hall–Kier alpha value is -1.43. The summed E-state index contributed by atoms with van der Waals surface area (Å²) in [6, 6.07) is 3.90. The third-order valence-corrected chi connectivity index (χ3v) is 4.69. The lowest BCUT2D eigenvalue weighted by Gasteiger charge is -2.19. The highest BCUT2D eigenvalue weighted by Crippen LogP contribution is 2.20. The van der Waals surface area contributed by atoms with Crippen molar-refractivity contribution >= 4 is 27.8 Å². The first-order valence-electron chi connectivity index (χ1n) is 7.94. The van der Waals surface area contributed by atoms with Gasteiger partial charge in [0.15, 0.2) is 6.10 Å². The molecular formula is C17H21BrFNO3. The summed E-state index contributed by atoms with van der Waals surface area (Å²) in [7, 11) is 0. The Morgan fingerprint density at radius 1 is 1.26 bits per heavy atom. The van der Waals surface area contributed by atoms with Gasteiger partial charge in [-0.2, -0.15) is 0 Å². The minimum Gasteiger partial charge on any atom is -0.449 e. The fourth-order valence-electron chi connectivity index (χ4n) is 2.67. The molecule has 0 radical (unpaired) electrons. The second-order valence-electron chi connectivity index (χ2n) is 5.87. The van der Waals surface area contributed by atoms with Crippen molar-refractivity contribution in [3.8, 4) is 0 Å². The first-order chi connectivity index (χ1) is 11.0. The summed E-state index contributed by atoms with van der Waals surface area (Å²) in [6.45, 7) is 1.52. The quantitative estimate of drug-likeness (QED) is 0.629. The number of hydrogen-bond acceptors (Lipinski definition) is 3. The molecule has 1 amide bonds. The topological polar surface area (TPSA) is 55.4 Å². The van der Waals surface area contributed by atoms with Gasteiger partial charge in [-0.1, -0.05) is 25.7 Å². The highest BCUT2D eigenvalue weighted by Gasteiger charge is 2.23. The van der Waals surface area contributed by atoms with Gasteiger partial charge in [0.05, 0.1) is 5.56 Å². The molecule has 1 fully saturated rings. The van der Waals surface area contributed by atoms with Crippen molar-refractivity contribution in [1.29, 1.82) is 0 Å². The van der Waals surface area contributed by atoms with Crippen LogP contribution in [0.2, 0.25) is 0 Å². The van der Waals surface area contributed by atoms with Gasteiger partial charge in [-0.05, 0) is 53.9 Å². The lowest BCUT2D eigenvalue weighted by molar-refractivity contribution is -0.129. The summed E-state index contributed by atoms with van der Waals surface area (Å²) in [5.74, 6) is -1.56. The number of carbonyl (C=O) groups excluding carboxylic acids is 2. The second kappa shape index (κ2) is 8.43. The van der Waals surface area contributed by atoms with Crippen molar-refractivity contribution in [2.75, 3.05) is 0 Å². The zero-order valence-electron chi connectivity index (χ0n) is 13.1. The van der Waals surface area contributed by atoms with Gasteiger partial charge in [0.25, 0.3) is 5.91 Å². The first-order valence-corrected chi connectivity index (χ1v) is 8.73. The van der Waals surface area contributed by atoms with E-state index in [9.17, 15) is 14.0 Å². The molecule has 23 heavy (non-hydrogen) atoms. The Kier molecular flexibility index (Phi) is 6.57. The summed E-state index contributed by atoms with van der Waals surface area (Å²) in [6.07, 6.45) is 5.62. The van der Waals surface area contributed by atoms with E-state index in [1.807, 2.05) is 0 Å². The molecule has 0 heterocycles. The van der Waals surface area contributed by atoms with Gasteiger partial charge in [0, 0.05) is 10.5 Å². The molecule has 1 atom stereocenters. The van der Waals surface area contributed by atoms with Crippen molar-refractivity contribution in [2.24, 2.45) is 0 Å². The van der Waals surface area contributed by atoms with Crippen molar-refractivity contribution in [1.82, 2.24) is 5.32 Å². The molecule has 0 aliphatic heterocycles. The highest BCUT2D eigenvalue weighted by atomic mass is 79.9. The standard InChI is InChI=1S/C17H21BrFNO3/c1-11(16(21)20-13-6-4-2-3-5-7-13)23-17(22)14-10-12(19)8-9-15(14)18/h8-11,13H,2-7H2,1H3,(H,20,21)/t11-/m0/s1. The second-order valence-corrected chi connectivity index (χ2v) is 6.72. The largest absolute Gasteiger partial charge is 0.449 e. The number of rotatable bonds is 4. The van der Waals surface area contributed by atoms with E-state index in [4.69, 9.17) is 4.74 Å². The van der Waals surface area contributed by atoms with Crippen LogP contribution in [0.15, 0.2) is 22.7 Å². The van der Waals surface area contributed by atoms with Crippen LogP contribution in [0.4, 0.5) is 4.39 Å².